The lowest BCUT2D eigenvalue weighted by Crippen LogP contribution is -2.25. The molecule has 0 saturated carbocycles. The van der Waals surface area contributed by atoms with Gasteiger partial charge in [0.2, 0.25) is 0 Å². The second-order valence-corrected chi connectivity index (χ2v) is 12.0. The summed E-state index contributed by atoms with van der Waals surface area (Å²) < 4.78 is 6.17. The Balaban J connectivity index is 1.52. The Morgan fingerprint density at radius 1 is 1.03 bits per heavy atom. The molecule has 1 unspecified atom stereocenters. The number of carboxylic acids is 1. The summed E-state index contributed by atoms with van der Waals surface area (Å²) >= 11 is 1.46. The first-order valence-corrected chi connectivity index (χ1v) is 13.7. The number of amides is 1. The Kier molecular flexibility index (Phi) is 9.55. The highest BCUT2D eigenvalue weighted by molar-refractivity contribution is 7.14. The standard InChI is InChI=1S/C31H39NO4S/c1-20(7-12-26-13-14-27(37-26)30(35)32-16-15-28(33)34)19-36-25-17-21(2)29(22(3)18-25)23-8-10-24(11-9-23)31(4,5)6/h8-11,13-14,17-18,20H,7,12,15-16,19H2,1-6H3,(H,32,35)(H,33,34). The molecule has 1 aromatic heterocycles. The zero-order valence-corrected chi connectivity index (χ0v) is 23.6. The molecule has 3 aromatic rings. The summed E-state index contributed by atoms with van der Waals surface area (Å²) in [5.41, 5.74) is 6.38. The number of hydrogen-bond acceptors (Lipinski definition) is 4. The van der Waals surface area contributed by atoms with Gasteiger partial charge in [-0.2, -0.15) is 0 Å². The first kappa shape index (κ1) is 28.5. The van der Waals surface area contributed by atoms with Gasteiger partial charge in [-0.1, -0.05) is 52.0 Å². The van der Waals surface area contributed by atoms with Crippen LogP contribution in [-0.4, -0.2) is 30.1 Å². The minimum atomic E-state index is -0.921. The second kappa shape index (κ2) is 12.4. The number of aryl methyl sites for hydroxylation is 3. The maximum atomic E-state index is 12.1. The van der Waals surface area contributed by atoms with Crippen molar-refractivity contribution in [2.45, 2.75) is 66.2 Å². The number of ether oxygens (including phenoxy) is 1. The van der Waals surface area contributed by atoms with Gasteiger partial charge in [0.1, 0.15) is 5.75 Å². The zero-order valence-electron chi connectivity index (χ0n) is 22.8. The lowest BCUT2D eigenvalue weighted by atomic mass is 9.85. The quantitative estimate of drug-likeness (QED) is 0.280. The molecule has 2 aromatic carbocycles. The van der Waals surface area contributed by atoms with Crippen LogP contribution in [0.15, 0.2) is 48.5 Å². The average molecular weight is 522 g/mol. The number of rotatable bonds is 11. The van der Waals surface area contributed by atoms with E-state index in [2.05, 4.69) is 83.3 Å². The predicted octanol–water partition coefficient (Wildman–Crippen LogP) is 7.18. The molecule has 1 heterocycles. The molecule has 2 N–H and O–H groups in total. The van der Waals surface area contributed by atoms with Crippen LogP contribution >= 0.6 is 11.3 Å². The van der Waals surface area contributed by atoms with Crippen molar-refractivity contribution < 1.29 is 19.4 Å². The molecule has 0 saturated heterocycles. The van der Waals surface area contributed by atoms with Crippen molar-refractivity contribution in [2.75, 3.05) is 13.2 Å². The molecule has 3 rings (SSSR count). The van der Waals surface area contributed by atoms with Crippen molar-refractivity contribution >= 4 is 23.2 Å². The van der Waals surface area contributed by atoms with Crippen LogP contribution in [0, 0.1) is 19.8 Å². The van der Waals surface area contributed by atoms with E-state index in [9.17, 15) is 9.59 Å². The summed E-state index contributed by atoms with van der Waals surface area (Å²) in [5, 5.41) is 11.3. The van der Waals surface area contributed by atoms with Crippen LogP contribution in [0.1, 0.15) is 71.8 Å². The predicted molar refractivity (Wildman–Crippen MR) is 152 cm³/mol. The van der Waals surface area contributed by atoms with Crippen molar-refractivity contribution in [1.29, 1.82) is 0 Å². The van der Waals surface area contributed by atoms with E-state index in [0.29, 0.717) is 17.4 Å². The van der Waals surface area contributed by atoms with Gasteiger partial charge in [-0.15, -0.1) is 11.3 Å². The van der Waals surface area contributed by atoms with Crippen LogP contribution in [0.5, 0.6) is 5.75 Å². The summed E-state index contributed by atoms with van der Waals surface area (Å²) in [5.74, 6) is 0.122. The molecule has 6 heteroatoms. The molecule has 37 heavy (non-hydrogen) atoms. The van der Waals surface area contributed by atoms with Gasteiger partial charge in [0.05, 0.1) is 17.9 Å². The van der Waals surface area contributed by atoms with E-state index in [1.807, 2.05) is 6.07 Å². The molecular formula is C31H39NO4S. The van der Waals surface area contributed by atoms with Crippen LogP contribution in [0.3, 0.4) is 0 Å². The minimum Gasteiger partial charge on any atom is -0.493 e. The molecule has 1 atom stereocenters. The van der Waals surface area contributed by atoms with E-state index in [1.165, 1.54) is 39.2 Å². The molecule has 0 bridgehead atoms. The molecule has 5 nitrogen and oxygen atoms in total. The second-order valence-electron chi connectivity index (χ2n) is 10.9. The van der Waals surface area contributed by atoms with E-state index in [1.54, 1.807) is 6.07 Å². The Morgan fingerprint density at radius 2 is 1.68 bits per heavy atom. The number of benzene rings is 2. The SMILES string of the molecule is Cc1cc(OCC(C)CCc2ccc(C(=O)NCCC(=O)O)s2)cc(C)c1-c1ccc(C(C)(C)C)cc1. The van der Waals surface area contributed by atoms with Gasteiger partial charge in [0.25, 0.3) is 5.91 Å². The van der Waals surface area contributed by atoms with Gasteiger partial charge in [-0.05, 0) is 90.1 Å². The average Bonchev–Trinajstić information content (AvgIpc) is 3.30. The molecule has 198 valence electrons. The van der Waals surface area contributed by atoms with Crippen molar-refractivity contribution in [3.63, 3.8) is 0 Å². The summed E-state index contributed by atoms with van der Waals surface area (Å²) in [6.07, 6.45) is 1.75. The molecule has 0 spiro atoms. The van der Waals surface area contributed by atoms with Gasteiger partial charge in [0.15, 0.2) is 0 Å². The highest BCUT2D eigenvalue weighted by atomic mass is 32.1. The van der Waals surface area contributed by atoms with E-state index in [-0.39, 0.29) is 24.3 Å². The number of nitrogens with one attached hydrogen (secondary N) is 1. The van der Waals surface area contributed by atoms with Crippen LogP contribution in [0.25, 0.3) is 11.1 Å². The van der Waals surface area contributed by atoms with Crippen molar-refractivity contribution in [2.24, 2.45) is 5.92 Å². The van der Waals surface area contributed by atoms with Gasteiger partial charge < -0.3 is 15.2 Å². The maximum Gasteiger partial charge on any atom is 0.305 e. The zero-order chi connectivity index (χ0) is 27.2. The van der Waals surface area contributed by atoms with Crippen LogP contribution in [0.4, 0.5) is 0 Å². The van der Waals surface area contributed by atoms with Crippen LogP contribution in [0.2, 0.25) is 0 Å². The largest absolute Gasteiger partial charge is 0.493 e. The lowest BCUT2D eigenvalue weighted by Gasteiger charge is -2.20. The summed E-state index contributed by atoms with van der Waals surface area (Å²) in [6, 6.07) is 16.9. The maximum absolute atomic E-state index is 12.1. The number of aliphatic carboxylic acids is 1. The smallest absolute Gasteiger partial charge is 0.305 e. The third-order valence-corrected chi connectivity index (χ3v) is 7.62. The first-order chi connectivity index (χ1) is 17.4. The molecule has 0 fully saturated rings. The Labute approximate surface area is 224 Å². The third kappa shape index (κ3) is 8.19. The number of carboxylic acid groups (broad SMARTS) is 1. The molecular weight excluding hydrogens is 482 g/mol. The highest BCUT2D eigenvalue weighted by Gasteiger charge is 2.15. The van der Waals surface area contributed by atoms with Gasteiger partial charge >= 0.3 is 5.97 Å². The molecule has 0 aliphatic carbocycles. The van der Waals surface area contributed by atoms with E-state index >= 15 is 0 Å². The van der Waals surface area contributed by atoms with Gasteiger partial charge in [-0.3, -0.25) is 9.59 Å². The number of carbonyl (C=O) groups excluding carboxylic acids is 1. The van der Waals surface area contributed by atoms with Crippen molar-refractivity contribution in [3.8, 4) is 16.9 Å². The van der Waals surface area contributed by atoms with Gasteiger partial charge in [-0.25, -0.2) is 0 Å². The van der Waals surface area contributed by atoms with E-state index in [4.69, 9.17) is 9.84 Å². The number of carbonyl (C=O) groups is 2. The lowest BCUT2D eigenvalue weighted by molar-refractivity contribution is -0.136. The van der Waals surface area contributed by atoms with Crippen LogP contribution < -0.4 is 10.1 Å². The molecule has 0 aliphatic heterocycles. The van der Waals surface area contributed by atoms with Crippen LogP contribution in [-0.2, 0) is 16.6 Å². The molecule has 1 amide bonds. The van der Waals surface area contributed by atoms with E-state index < -0.39 is 5.97 Å². The minimum absolute atomic E-state index is 0.0756. The Bertz CT molecular complexity index is 1200. The molecule has 0 radical (unpaired) electrons. The monoisotopic (exact) mass is 521 g/mol. The topological polar surface area (TPSA) is 75.6 Å². The summed E-state index contributed by atoms with van der Waals surface area (Å²) in [4.78, 5) is 24.5. The van der Waals surface area contributed by atoms with Gasteiger partial charge in [0, 0.05) is 11.4 Å². The fourth-order valence-electron chi connectivity index (χ4n) is 4.31. The number of thiophene rings is 1. The number of hydrogen-bond donors (Lipinski definition) is 2. The fourth-order valence-corrected chi connectivity index (χ4v) is 5.25. The fraction of sp³-hybridized carbons (Fsp3) is 0.419. The Hall–Kier alpha value is -3.12. The first-order valence-electron chi connectivity index (χ1n) is 12.9. The van der Waals surface area contributed by atoms with E-state index in [0.717, 1.165) is 23.5 Å². The van der Waals surface area contributed by atoms with Crippen molar-refractivity contribution in [1.82, 2.24) is 5.32 Å². The Morgan fingerprint density at radius 3 is 2.27 bits per heavy atom. The third-order valence-electron chi connectivity index (χ3n) is 6.47. The summed E-state index contributed by atoms with van der Waals surface area (Å²) in [7, 11) is 0. The van der Waals surface area contributed by atoms with Crippen molar-refractivity contribution in [3.05, 3.63) is 75.0 Å². The summed E-state index contributed by atoms with van der Waals surface area (Å²) in [6.45, 7) is 13.9. The molecule has 0 aliphatic rings. The highest BCUT2D eigenvalue weighted by Crippen LogP contribution is 2.33. The normalized spacial score (nSPS) is 12.3.